The van der Waals surface area contributed by atoms with E-state index in [1.807, 2.05) is 18.3 Å². The molecule has 0 saturated carbocycles. The second-order valence-corrected chi connectivity index (χ2v) is 7.37. The van der Waals surface area contributed by atoms with Crippen molar-refractivity contribution in [2.24, 2.45) is 0 Å². The van der Waals surface area contributed by atoms with Gasteiger partial charge in [0.15, 0.2) is 0 Å². The lowest BCUT2D eigenvalue weighted by molar-refractivity contribution is 0.312. The van der Waals surface area contributed by atoms with Gasteiger partial charge in [-0.15, -0.1) is 0 Å². The third-order valence-electron chi connectivity index (χ3n) is 5.16. The summed E-state index contributed by atoms with van der Waals surface area (Å²) in [5.41, 5.74) is 4.38. The van der Waals surface area contributed by atoms with Gasteiger partial charge in [0, 0.05) is 37.9 Å². The summed E-state index contributed by atoms with van der Waals surface area (Å²) in [6, 6.07) is 6.27. The van der Waals surface area contributed by atoms with Gasteiger partial charge in [-0.2, -0.15) is 5.10 Å². The van der Waals surface area contributed by atoms with Gasteiger partial charge >= 0.3 is 0 Å². The third-order valence-corrected chi connectivity index (χ3v) is 5.16. The van der Waals surface area contributed by atoms with Crippen LogP contribution in [0.1, 0.15) is 23.4 Å². The van der Waals surface area contributed by atoms with Crippen molar-refractivity contribution in [3.8, 4) is 0 Å². The molecule has 28 heavy (non-hydrogen) atoms. The van der Waals surface area contributed by atoms with E-state index in [0.29, 0.717) is 0 Å². The quantitative estimate of drug-likeness (QED) is 0.576. The molecule has 144 valence electrons. The summed E-state index contributed by atoms with van der Waals surface area (Å²) in [7, 11) is 2.10. The highest BCUT2D eigenvalue weighted by Crippen LogP contribution is 2.26. The maximum Gasteiger partial charge on any atom is 0.142 e. The Morgan fingerprint density at radius 1 is 1.21 bits per heavy atom. The summed E-state index contributed by atoms with van der Waals surface area (Å²) < 4.78 is 7.31. The number of nitrogens with one attached hydrogen (secondary N) is 1. The molecule has 5 rings (SSSR count). The number of nitrogens with zero attached hydrogens (tertiary/aromatic N) is 6. The number of rotatable bonds is 5. The van der Waals surface area contributed by atoms with Crippen LogP contribution in [0.5, 0.6) is 0 Å². The molecule has 0 bridgehead atoms. The van der Waals surface area contributed by atoms with Crippen LogP contribution in [-0.4, -0.2) is 43.2 Å². The molecule has 4 aromatic heterocycles. The Balaban J connectivity index is 1.35. The zero-order valence-corrected chi connectivity index (χ0v) is 15.9. The molecule has 0 saturated heterocycles. The van der Waals surface area contributed by atoms with Gasteiger partial charge in [0.2, 0.25) is 0 Å². The fourth-order valence-corrected chi connectivity index (χ4v) is 3.92. The number of furan rings is 1. The Bertz CT molecular complexity index is 1070. The monoisotopic (exact) mass is 377 g/mol. The molecule has 1 N–H and O–H groups in total. The molecule has 0 amide bonds. The van der Waals surface area contributed by atoms with Crippen molar-refractivity contribution in [1.82, 2.24) is 29.6 Å². The summed E-state index contributed by atoms with van der Waals surface area (Å²) in [6.45, 7) is 4.34. The van der Waals surface area contributed by atoms with Crippen molar-refractivity contribution < 1.29 is 4.42 Å². The first kappa shape index (κ1) is 17.0. The maximum absolute atomic E-state index is 5.16. The molecule has 4 aromatic rings. The van der Waals surface area contributed by atoms with Gasteiger partial charge in [0.25, 0.3) is 0 Å². The Morgan fingerprint density at radius 3 is 3.07 bits per heavy atom. The summed E-state index contributed by atoms with van der Waals surface area (Å²) in [5.74, 6) is 0.986. The standard InChI is InChI=1S/C20H23N7O/c1-25(10-15-4-8-28-13-15)11-16-9-17-12-26(6-2-7-27(17)24-16)20-18-3-5-21-19(18)22-14-23-20/h3-5,8-9,13-14H,2,6-7,10-12H2,1H3,(H,21,22,23). The van der Waals surface area contributed by atoms with Crippen molar-refractivity contribution in [2.45, 2.75) is 32.6 Å². The number of hydrogen-bond donors (Lipinski definition) is 1. The molecule has 0 radical (unpaired) electrons. The first-order valence-electron chi connectivity index (χ1n) is 9.54. The van der Waals surface area contributed by atoms with E-state index in [0.717, 1.165) is 61.7 Å². The molecule has 8 nitrogen and oxygen atoms in total. The number of fused-ring (bicyclic) bond motifs is 2. The Labute approximate surface area is 162 Å². The molecule has 0 fully saturated rings. The summed E-state index contributed by atoms with van der Waals surface area (Å²) in [6.07, 6.45) is 8.09. The lowest BCUT2D eigenvalue weighted by Crippen LogP contribution is -2.23. The van der Waals surface area contributed by atoms with Crippen LogP contribution in [0.15, 0.2) is 47.7 Å². The van der Waals surface area contributed by atoms with E-state index < -0.39 is 0 Å². The van der Waals surface area contributed by atoms with Gasteiger partial charge in [-0.1, -0.05) is 0 Å². The van der Waals surface area contributed by atoms with Gasteiger partial charge in [-0.25, -0.2) is 9.97 Å². The summed E-state index contributed by atoms with van der Waals surface area (Å²) in [4.78, 5) is 16.6. The van der Waals surface area contributed by atoms with Crippen LogP contribution < -0.4 is 4.90 Å². The van der Waals surface area contributed by atoms with Gasteiger partial charge in [-0.05, 0) is 31.7 Å². The van der Waals surface area contributed by atoms with E-state index in [9.17, 15) is 0 Å². The second-order valence-electron chi connectivity index (χ2n) is 7.37. The van der Waals surface area contributed by atoms with Crippen molar-refractivity contribution in [3.63, 3.8) is 0 Å². The number of aromatic amines is 1. The van der Waals surface area contributed by atoms with Crippen molar-refractivity contribution in [1.29, 1.82) is 0 Å². The molecule has 8 heteroatoms. The first-order valence-corrected chi connectivity index (χ1v) is 9.54. The molecule has 1 aliphatic heterocycles. The van der Waals surface area contributed by atoms with Crippen LogP contribution in [0.3, 0.4) is 0 Å². The van der Waals surface area contributed by atoms with Crippen LogP contribution in [0.4, 0.5) is 5.82 Å². The third kappa shape index (κ3) is 3.27. The minimum Gasteiger partial charge on any atom is -0.472 e. The molecule has 5 heterocycles. The molecule has 0 spiro atoms. The lowest BCUT2D eigenvalue weighted by Gasteiger charge is -2.21. The SMILES string of the molecule is CN(Cc1ccoc1)Cc1cc2n(n1)CCCN(c1ncnc3[nH]ccc13)C2. The predicted octanol–water partition coefficient (Wildman–Crippen LogP) is 2.79. The number of H-pyrrole nitrogens is 1. The number of aromatic nitrogens is 5. The Kier molecular flexibility index (Phi) is 4.32. The number of aryl methyl sites for hydroxylation is 1. The van der Waals surface area contributed by atoms with Crippen LogP contribution in [-0.2, 0) is 26.2 Å². The highest BCUT2D eigenvalue weighted by atomic mass is 16.3. The van der Waals surface area contributed by atoms with Crippen LogP contribution in [0.25, 0.3) is 11.0 Å². The van der Waals surface area contributed by atoms with Crippen LogP contribution in [0, 0.1) is 0 Å². The molecular weight excluding hydrogens is 354 g/mol. The number of anilines is 1. The summed E-state index contributed by atoms with van der Waals surface area (Å²) >= 11 is 0. The fourth-order valence-electron chi connectivity index (χ4n) is 3.92. The second kappa shape index (κ2) is 7.12. The minimum atomic E-state index is 0.801. The maximum atomic E-state index is 5.16. The molecule has 0 aliphatic carbocycles. The molecule has 1 aliphatic rings. The van der Waals surface area contributed by atoms with Crippen molar-refractivity contribution in [3.05, 3.63) is 60.2 Å². The molecule has 0 unspecified atom stereocenters. The number of hydrogen-bond acceptors (Lipinski definition) is 6. The summed E-state index contributed by atoms with van der Waals surface area (Å²) in [5, 5.41) is 5.91. The zero-order chi connectivity index (χ0) is 18.9. The van der Waals surface area contributed by atoms with E-state index in [2.05, 4.69) is 42.5 Å². The largest absolute Gasteiger partial charge is 0.472 e. The first-order chi connectivity index (χ1) is 13.8. The lowest BCUT2D eigenvalue weighted by atomic mass is 10.2. The predicted molar refractivity (Wildman–Crippen MR) is 106 cm³/mol. The van der Waals surface area contributed by atoms with E-state index in [4.69, 9.17) is 9.52 Å². The highest BCUT2D eigenvalue weighted by molar-refractivity contribution is 5.87. The van der Waals surface area contributed by atoms with Gasteiger partial charge in [0.05, 0.1) is 35.8 Å². The topological polar surface area (TPSA) is 79.0 Å². The highest BCUT2D eigenvalue weighted by Gasteiger charge is 2.20. The van der Waals surface area contributed by atoms with Crippen LogP contribution >= 0.6 is 0 Å². The smallest absolute Gasteiger partial charge is 0.142 e. The molecule has 0 aromatic carbocycles. The van der Waals surface area contributed by atoms with Gasteiger partial charge in [0.1, 0.15) is 17.8 Å². The van der Waals surface area contributed by atoms with E-state index in [1.54, 1.807) is 18.9 Å². The molecular formula is C20H23N7O. The van der Waals surface area contributed by atoms with Gasteiger partial charge in [-0.3, -0.25) is 9.58 Å². The Morgan fingerprint density at radius 2 is 2.18 bits per heavy atom. The fraction of sp³-hybridized carbons (Fsp3) is 0.350. The minimum absolute atomic E-state index is 0.801. The van der Waals surface area contributed by atoms with E-state index in [1.165, 1.54) is 11.3 Å². The Hall–Kier alpha value is -3.13. The molecule has 0 atom stereocenters. The van der Waals surface area contributed by atoms with Crippen molar-refractivity contribution in [2.75, 3.05) is 18.5 Å². The average molecular weight is 377 g/mol. The van der Waals surface area contributed by atoms with Gasteiger partial charge < -0.3 is 14.3 Å². The van der Waals surface area contributed by atoms with Crippen LogP contribution in [0.2, 0.25) is 0 Å². The van der Waals surface area contributed by atoms with E-state index in [-0.39, 0.29) is 0 Å². The zero-order valence-electron chi connectivity index (χ0n) is 15.9. The van der Waals surface area contributed by atoms with Crippen molar-refractivity contribution >= 4 is 16.9 Å². The average Bonchev–Trinajstić information content (AvgIpc) is 3.41. The normalized spacial score (nSPS) is 14.6. The van der Waals surface area contributed by atoms with E-state index >= 15 is 0 Å².